The molecule has 0 spiro atoms. The molecule has 0 bridgehead atoms. The minimum atomic E-state index is -0.428. The van der Waals surface area contributed by atoms with Gasteiger partial charge >= 0.3 is 0 Å². The van der Waals surface area contributed by atoms with E-state index in [0.29, 0.717) is 0 Å². The molecule has 4 nitrogen and oxygen atoms in total. The lowest BCUT2D eigenvalue weighted by atomic mass is 10.1. The summed E-state index contributed by atoms with van der Waals surface area (Å²) in [5.74, 6) is 0. The van der Waals surface area contributed by atoms with E-state index < -0.39 is 6.10 Å². The summed E-state index contributed by atoms with van der Waals surface area (Å²) in [5.41, 5.74) is 2.16. The van der Waals surface area contributed by atoms with Gasteiger partial charge in [0.2, 0.25) is 0 Å². The molecule has 0 unspecified atom stereocenters. The lowest BCUT2D eigenvalue weighted by Crippen LogP contribution is -2.46. The number of aliphatic hydroxyl groups excluding tert-OH is 1. The SMILES string of the molecule is C[C@H](O)c1ccccc1N1CCN(c2nccs2)CC1. The minimum absolute atomic E-state index is 0.428. The highest BCUT2D eigenvalue weighted by atomic mass is 32.1. The van der Waals surface area contributed by atoms with Crippen molar-refractivity contribution in [3.8, 4) is 0 Å². The molecule has 1 N–H and O–H groups in total. The summed E-state index contributed by atoms with van der Waals surface area (Å²) in [6.07, 6.45) is 1.43. The largest absolute Gasteiger partial charge is 0.389 e. The first-order valence-electron chi connectivity index (χ1n) is 6.92. The Bertz CT molecular complexity index is 548. The number of hydrogen-bond donors (Lipinski definition) is 1. The molecule has 0 aliphatic carbocycles. The highest BCUT2D eigenvalue weighted by molar-refractivity contribution is 7.13. The van der Waals surface area contributed by atoms with Crippen molar-refractivity contribution in [2.24, 2.45) is 0 Å². The van der Waals surface area contributed by atoms with Crippen LogP contribution in [0.4, 0.5) is 10.8 Å². The van der Waals surface area contributed by atoms with Crippen molar-refractivity contribution in [2.45, 2.75) is 13.0 Å². The van der Waals surface area contributed by atoms with Crippen LogP contribution in [0.25, 0.3) is 0 Å². The fourth-order valence-electron chi connectivity index (χ4n) is 2.64. The molecule has 1 aliphatic heterocycles. The summed E-state index contributed by atoms with van der Waals surface area (Å²) < 4.78 is 0. The van der Waals surface area contributed by atoms with Crippen molar-refractivity contribution in [1.82, 2.24) is 4.98 Å². The lowest BCUT2D eigenvalue weighted by molar-refractivity contribution is 0.199. The molecule has 1 aromatic carbocycles. The van der Waals surface area contributed by atoms with Gasteiger partial charge in [-0.15, -0.1) is 11.3 Å². The average molecular weight is 289 g/mol. The van der Waals surface area contributed by atoms with Crippen LogP contribution in [0.1, 0.15) is 18.6 Å². The van der Waals surface area contributed by atoms with Crippen LogP contribution in [0.15, 0.2) is 35.8 Å². The van der Waals surface area contributed by atoms with E-state index in [1.54, 1.807) is 11.3 Å². The Morgan fingerprint density at radius 3 is 2.50 bits per heavy atom. The Balaban J connectivity index is 1.72. The molecular weight excluding hydrogens is 270 g/mol. The number of aromatic nitrogens is 1. The molecule has 0 saturated carbocycles. The Labute approximate surface area is 123 Å². The number of anilines is 2. The molecule has 1 aromatic heterocycles. The summed E-state index contributed by atoms with van der Waals surface area (Å²) in [6, 6.07) is 8.13. The van der Waals surface area contributed by atoms with Gasteiger partial charge in [-0.25, -0.2) is 4.98 Å². The first kappa shape index (κ1) is 13.4. The summed E-state index contributed by atoms with van der Waals surface area (Å²) in [7, 11) is 0. The summed E-state index contributed by atoms with van der Waals surface area (Å²) >= 11 is 1.69. The Morgan fingerprint density at radius 2 is 1.85 bits per heavy atom. The maximum absolute atomic E-state index is 9.89. The van der Waals surface area contributed by atoms with Crippen LogP contribution in [0.3, 0.4) is 0 Å². The molecule has 2 aromatic rings. The normalized spacial score (nSPS) is 17.3. The smallest absolute Gasteiger partial charge is 0.185 e. The van der Waals surface area contributed by atoms with Crippen LogP contribution >= 0.6 is 11.3 Å². The van der Waals surface area contributed by atoms with Crippen LogP contribution in [-0.2, 0) is 0 Å². The molecular formula is C15H19N3OS. The van der Waals surface area contributed by atoms with Gasteiger partial charge in [-0.2, -0.15) is 0 Å². The summed E-state index contributed by atoms with van der Waals surface area (Å²) in [5, 5.41) is 13.0. The molecule has 1 aliphatic rings. The molecule has 5 heteroatoms. The third-order valence-corrected chi connectivity index (χ3v) is 4.53. The highest BCUT2D eigenvalue weighted by Gasteiger charge is 2.21. The van der Waals surface area contributed by atoms with Gasteiger partial charge in [-0.05, 0) is 13.0 Å². The van der Waals surface area contributed by atoms with Crippen molar-refractivity contribution < 1.29 is 5.11 Å². The van der Waals surface area contributed by atoms with E-state index >= 15 is 0 Å². The van der Waals surface area contributed by atoms with Crippen molar-refractivity contribution in [2.75, 3.05) is 36.0 Å². The molecule has 2 heterocycles. The lowest BCUT2D eigenvalue weighted by Gasteiger charge is -2.37. The zero-order valence-corrected chi connectivity index (χ0v) is 12.4. The van der Waals surface area contributed by atoms with Gasteiger partial charge in [-0.3, -0.25) is 0 Å². The third kappa shape index (κ3) is 2.64. The maximum Gasteiger partial charge on any atom is 0.185 e. The number of para-hydroxylation sites is 1. The minimum Gasteiger partial charge on any atom is -0.389 e. The van der Waals surface area contributed by atoms with Crippen molar-refractivity contribution in [1.29, 1.82) is 0 Å². The van der Waals surface area contributed by atoms with Gasteiger partial charge in [-0.1, -0.05) is 18.2 Å². The van der Waals surface area contributed by atoms with Crippen LogP contribution < -0.4 is 9.80 Å². The van der Waals surface area contributed by atoms with Crippen LogP contribution in [-0.4, -0.2) is 36.3 Å². The van der Waals surface area contributed by atoms with Crippen molar-refractivity contribution in [3.63, 3.8) is 0 Å². The van der Waals surface area contributed by atoms with Gasteiger partial charge in [0.1, 0.15) is 0 Å². The average Bonchev–Trinajstić information content (AvgIpc) is 3.02. The Hall–Kier alpha value is -1.59. The maximum atomic E-state index is 9.89. The van der Waals surface area contributed by atoms with Gasteiger partial charge < -0.3 is 14.9 Å². The zero-order chi connectivity index (χ0) is 13.9. The molecule has 3 rings (SSSR count). The Morgan fingerprint density at radius 1 is 1.15 bits per heavy atom. The molecule has 20 heavy (non-hydrogen) atoms. The standard InChI is InChI=1S/C15H19N3OS/c1-12(19)13-4-2-3-5-14(13)17-7-9-18(10-8-17)15-16-6-11-20-15/h2-6,11-12,19H,7-10H2,1H3/t12-/m0/s1. The predicted molar refractivity (Wildman–Crippen MR) is 83.6 cm³/mol. The number of hydrogen-bond acceptors (Lipinski definition) is 5. The second-order valence-corrected chi connectivity index (χ2v) is 5.90. The summed E-state index contributed by atoms with van der Waals surface area (Å²) in [4.78, 5) is 9.05. The topological polar surface area (TPSA) is 39.6 Å². The van der Waals surface area contributed by atoms with E-state index in [4.69, 9.17) is 0 Å². The number of benzene rings is 1. The Kier molecular flexibility index (Phi) is 3.89. The quantitative estimate of drug-likeness (QED) is 0.942. The number of nitrogens with zero attached hydrogens (tertiary/aromatic N) is 3. The number of thiazole rings is 1. The van der Waals surface area contributed by atoms with Gasteiger partial charge in [0.15, 0.2) is 5.13 Å². The monoisotopic (exact) mass is 289 g/mol. The van der Waals surface area contributed by atoms with E-state index in [1.807, 2.05) is 36.7 Å². The first-order valence-corrected chi connectivity index (χ1v) is 7.80. The highest BCUT2D eigenvalue weighted by Crippen LogP contribution is 2.28. The molecule has 1 saturated heterocycles. The van der Waals surface area contributed by atoms with Gasteiger partial charge in [0.25, 0.3) is 0 Å². The van der Waals surface area contributed by atoms with E-state index in [0.717, 1.165) is 42.6 Å². The molecule has 1 fully saturated rings. The fraction of sp³-hybridized carbons (Fsp3) is 0.400. The summed E-state index contributed by atoms with van der Waals surface area (Å²) in [6.45, 7) is 5.70. The number of rotatable bonds is 3. The van der Waals surface area contributed by atoms with E-state index in [9.17, 15) is 5.11 Å². The van der Waals surface area contributed by atoms with E-state index in [1.165, 1.54) is 0 Å². The van der Waals surface area contributed by atoms with E-state index in [-0.39, 0.29) is 0 Å². The van der Waals surface area contributed by atoms with Crippen LogP contribution in [0.5, 0.6) is 0 Å². The van der Waals surface area contributed by atoms with Gasteiger partial charge in [0, 0.05) is 49.0 Å². The van der Waals surface area contributed by atoms with E-state index in [2.05, 4.69) is 20.9 Å². The second kappa shape index (κ2) is 5.81. The molecule has 0 amide bonds. The number of piperazine rings is 1. The predicted octanol–water partition coefficient (Wildman–Crippen LogP) is 2.52. The molecule has 106 valence electrons. The third-order valence-electron chi connectivity index (χ3n) is 3.70. The van der Waals surface area contributed by atoms with Crippen LogP contribution in [0, 0.1) is 0 Å². The zero-order valence-electron chi connectivity index (χ0n) is 11.6. The fourth-order valence-corrected chi connectivity index (χ4v) is 3.34. The first-order chi connectivity index (χ1) is 9.75. The van der Waals surface area contributed by atoms with Crippen molar-refractivity contribution >= 4 is 22.2 Å². The molecule has 1 atom stereocenters. The van der Waals surface area contributed by atoms with Crippen molar-refractivity contribution in [3.05, 3.63) is 41.4 Å². The molecule has 0 radical (unpaired) electrons. The van der Waals surface area contributed by atoms with Gasteiger partial charge in [0.05, 0.1) is 6.10 Å². The van der Waals surface area contributed by atoms with Crippen LogP contribution in [0.2, 0.25) is 0 Å². The number of aliphatic hydroxyl groups is 1. The second-order valence-electron chi connectivity index (χ2n) is 5.02.